The first-order valence-corrected chi connectivity index (χ1v) is 7.83. The highest BCUT2D eigenvalue weighted by Gasteiger charge is 2.35. The van der Waals surface area contributed by atoms with Crippen molar-refractivity contribution in [3.8, 4) is 11.5 Å². The number of benzene rings is 1. The van der Waals surface area contributed by atoms with Crippen LogP contribution in [0.2, 0.25) is 0 Å². The Hall–Kier alpha value is -1.26. The number of hydrogen-bond acceptors (Lipinski definition) is 4. The normalized spacial score (nSPS) is 20.7. The minimum absolute atomic E-state index is 0.164. The summed E-state index contributed by atoms with van der Waals surface area (Å²) in [6, 6.07) is 4.10. The summed E-state index contributed by atoms with van der Waals surface area (Å²) in [4.78, 5) is 2.41. The Kier molecular flexibility index (Phi) is 5.48. The maximum Gasteiger partial charge on any atom is 0.161 e. The van der Waals surface area contributed by atoms with Crippen LogP contribution in [0.25, 0.3) is 0 Å². The number of ether oxygens (including phenoxy) is 2. The standard InChI is InChI=1S/C17H27NO3/c1-5-7-18(8-6-2)14-9-12-10-15(20-3)16(21-4)11-13(12)17(14)19/h10-11,14,17,19H,5-9H2,1-4H3. The summed E-state index contributed by atoms with van der Waals surface area (Å²) in [5.74, 6) is 1.43. The smallest absolute Gasteiger partial charge is 0.161 e. The predicted octanol–water partition coefficient (Wildman–Crippen LogP) is 2.78. The van der Waals surface area contributed by atoms with Gasteiger partial charge in [-0.05, 0) is 55.6 Å². The zero-order valence-corrected chi connectivity index (χ0v) is 13.6. The monoisotopic (exact) mass is 293 g/mol. The van der Waals surface area contributed by atoms with Crippen LogP contribution in [0.5, 0.6) is 11.5 Å². The third-order valence-corrected chi connectivity index (χ3v) is 4.25. The molecule has 4 nitrogen and oxygen atoms in total. The highest BCUT2D eigenvalue weighted by atomic mass is 16.5. The van der Waals surface area contributed by atoms with E-state index in [0.29, 0.717) is 5.75 Å². The van der Waals surface area contributed by atoms with Crippen molar-refractivity contribution in [3.05, 3.63) is 23.3 Å². The summed E-state index contributed by atoms with van der Waals surface area (Å²) in [6.45, 7) is 6.42. The SMILES string of the molecule is CCCN(CCC)C1Cc2cc(OC)c(OC)cc2C1O. The molecule has 0 spiro atoms. The Morgan fingerprint density at radius 1 is 1.10 bits per heavy atom. The van der Waals surface area contributed by atoms with Crippen molar-refractivity contribution in [1.29, 1.82) is 0 Å². The van der Waals surface area contributed by atoms with Crippen LogP contribution in [0.3, 0.4) is 0 Å². The third kappa shape index (κ3) is 3.16. The third-order valence-electron chi connectivity index (χ3n) is 4.25. The number of aliphatic hydroxyl groups excluding tert-OH is 1. The Balaban J connectivity index is 2.28. The van der Waals surface area contributed by atoms with Crippen LogP contribution in [0.4, 0.5) is 0 Å². The van der Waals surface area contributed by atoms with Crippen LogP contribution in [0, 0.1) is 0 Å². The topological polar surface area (TPSA) is 41.9 Å². The van der Waals surface area contributed by atoms with Crippen molar-refractivity contribution in [1.82, 2.24) is 4.90 Å². The van der Waals surface area contributed by atoms with Gasteiger partial charge < -0.3 is 14.6 Å². The number of methoxy groups -OCH3 is 2. The predicted molar refractivity (Wildman–Crippen MR) is 84.2 cm³/mol. The minimum Gasteiger partial charge on any atom is -0.493 e. The second kappa shape index (κ2) is 7.14. The molecule has 1 N–H and O–H groups in total. The van der Waals surface area contributed by atoms with Gasteiger partial charge in [0.15, 0.2) is 11.5 Å². The fraction of sp³-hybridized carbons (Fsp3) is 0.647. The molecule has 2 rings (SSSR count). The first kappa shape index (κ1) is 16.1. The molecule has 118 valence electrons. The Bertz CT molecular complexity index is 469. The van der Waals surface area contributed by atoms with Gasteiger partial charge in [0.1, 0.15) is 0 Å². The molecule has 1 aliphatic rings. The van der Waals surface area contributed by atoms with Crippen molar-refractivity contribution in [2.45, 2.75) is 45.3 Å². The molecular formula is C17H27NO3. The van der Waals surface area contributed by atoms with E-state index in [1.165, 1.54) is 5.56 Å². The lowest BCUT2D eigenvalue weighted by molar-refractivity contribution is 0.0604. The van der Waals surface area contributed by atoms with E-state index in [4.69, 9.17) is 9.47 Å². The van der Waals surface area contributed by atoms with E-state index in [1.807, 2.05) is 12.1 Å². The van der Waals surface area contributed by atoms with Gasteiger partial charge in [0.2, 0.25) is 0 Å². The second-order valence-electron chi connectivity index (χ2n) is 5.66. The summed E-state index contributed by atoms with van der Waals surface area (Å²) >= 11 is 0. The fourth-order valence-corrected chi connectivity index (χ4v) is 3.28. The van der Waals surface area contributed by atoms with Gasteiger partial charge in [-0.2, -0.15) is 0 Å². The number of rotatable bonds is 7. The van der Waals surface area contributed by atoms with Gasteiger partial charge in [-0.15, -0.1) is 0 Å². The van der Waals surface area contributed by atoms with Crippen LogP contribution in [0.15, 0.2) is 12.1 Å². The van der Waals surface area contributed by atoms with Crippen LogP contribution in [-0.2, 0) is 6.42 Å². The summed E-state index contributed by atoms with van der Waals surface area (Å²) < 4.78 is 10.7. The van der Waals surface area contributed by atoms with Crippen molar-refractivity contribution in [3.63, 3.8) is 0 Å². The summed E-state index contributed by atoms with van der Waals surface area (Å²) in [6.07, 6.45) is 2.63. The fourth-order valence-electron chi connectivity index (χ4n) is 3.28. The van der Waals surface area contributed by atoms with Crippen molar-refractivity contribution < 1.29 is 14.6 Å². The molecule has 4 heteroatoms. The van der Waals surface area contributed by atoms with Crippen molar-refractivity contribution in [2.75, 3.05) is 27.3 Å². The molecule has 0 heterocycles. The Labute approximate surface area is 127 Å². The molecule has 0 aromatic heterocycles. The average Bonchev–Trinajstić information content (AvgIpc) is 2.82. The van der Waals surface area contributed by atoms with E-state index in [9.17, 15) is 5.11 Å². The first-order chi connectivity index (χ1) is 10.2. The van der Waals surface area contributed by atoms with Gasteiger partial charge >= 0.3 is 0 Å². The maximum atomic E-state index is 10.7. The quantitative estimate of drug-likeness (QED) is 0.839. The molecule has 0 fully saturated rings. The minimum atomic E-state index is -0.446. The molecule has 0 aliphatic heterocycles. The van der Waals surface area contributed by atoms with E-state index in [1.54, 1.807) is 14.2 Å². The molecule has 1 aromatic carbocycles. The largest absolute Gasteiger partial charge is 0.493 e. The molecule has 0 bridgehead atoms. The summed E-state index contributed by atoms with van der Waals surface area (Å²) in [5.41, 5.74) is 2.15. The zero-order chi connectivity index (χ0) is 15.4. The summed E-state index contributed by atoms with van der Waals surface area (Å²) in [5, 5.41) is 10.7. The molecular weight excluding hydrogens is 266 g/mol. The van der Waals surface area contributed by atoms with Crippen LogP contribution in [0.1, 0.15) is 43.9 Å². The molecule has 2 atom stereocenters. The lowest BCUT2D eigenvalue weighted by Crippen LogP contribution is -2.39. The number of fused-ring (bicyclic) bond motifs is 1. The van der Waals surface area contributed by atoms with Crippen LogP contribution < -0.4 is 9.47 Å². The van der Waals surface area contributed by atoms with Gasteiger partial charge in [-0.25, -0.2) is 0 Å². The summed E-state index contributed by atoms with van der Waals surface area (Å²) in [7, 11) is 3.27. The molecule has 1 aromatic rings. The number of aliphatic hydroxyl groups is 1. The Morgan fingerprint density at radius 2 is 1.67 bits per heavy atom. The molecule has 2 unspecified atom stereocenters. The molecule has 21 heavy (non-hydrogen) atoms. The van der Waals surface area contributed by atoms with Crippen LogP contribution in [-0.4, -0.2) is 43.4 Å². The first-order valence-electron chi connectivity index (χ1n) is 7.83. The second-order valence-corrected chi connectivity index (χ2v) is 5.66. The van der Waals surface area contributed by atoms with Gasteiger partial charge in [-0.1, -0.05) is 13.8 Å². The number of nitrogens with zero attached hydrogens (tertiary/aromatic N) is 1. The van der Waals surface area contributed by atoms with Crippen LogP contribution >= 0.6 is 0 Å². The van der Waals surface area contributed by atoms with Crippen molar-refractivity contribution in [2.24, 2.45) is 0 Å². The van der Waals surface area contributed by atoms with E-state index >= 15 is 0 Å². The van der Waals surface area contributed by atoms with Gasteiger partial charge in [0.05, 0.1) is 20.3 Å². The number of hydrogen-bond donors (Lipinski definition) is 1. The van der Waals surface area contributed by atoms with E-state index < -0.39 is 6.10 Å². The van der Waals surface area contributed by atoms with Crippen molar-refractivity contribution >= 4 is 0 Å². The molecule has 0 saturated carbocycles. The highest BCUT2D eigenvalue weighted by Crippen LogP contribution is 2.41. The van der Waals surface area contributed by atoms with Gasteiger partial charge in [-0.3, -0.25) is 4.90 Å². The van der Waals surface area contributed by atoms with E-state index in [0.717, 1.165) is 43.7 Å². The van der Waals surface area contributed by atoms with E-state index in [2.05, 4.69) is 18.7 Å². The molecule has 0 amide bonds. The zero-order valence-electron chi connectivity index (χ0n) is 13.6. The van der Waals surface area contributed by atoms with Gasteiger partial charge in [0, 0.05) is 6.04 Å². The van der Waals surface area contributed by atoms with Gasteiger partial charge in [0.25, 0.3) is 0 Å². The van der Waals surface area contributed by atoms with E-state index in [-0.39, 0.29) is 6.04 Å². The maximum absolute atomic E-state index is 10.7. The highest BCUT2D eigenvalue weighted by molar-refractivity contribution is 5.50. The Morgan fingerprint density at radius 3 is 2.19 bits per heavy atom. The lowest BCUT2D eigenvalue weighted by atomic mass is 10.1. The average molecular weight is 293 g/mol. The molecule has 1 aliphatic carbocycles. The lowest BCUT2D eigenvalue weighted by Gasteiger charge is -2.30. The molecule has 0 radical (unpaired) electrons. The molecule has 0 saturated heterocycles.